The van der Waals surface area contributed by atoms with Gasteiger partial charge in [0.1, 0.15) is 11.5 Å². The van der Waals surface area contributed by atoms with Gasteiger partial charge < -0.3 is 10.2 Å². The molecule has 0 saturated heterocycles. The number of hydrogen-bond acceptors (Lipinski definition) is 5. The molecular formula is C21H22ClN5O. The second-order valence-electron chi connectivity index (χ2n) is 6.68. The highest BCUT2D eigenvalue weighted by molar-refractivity contribution is 6.33. The van der Waals surface area contributed by atoms with Gasteiger partial charge in [0.15, 0.2) is 0 Å². The number of rotatable bonds is 6. The van der Waals surface area contributed by atoms with Crippen LogP contribution in [0.4, 0.5) is 11.5 Å². The predicted molar refractivity (Wildman–Crippen MR) is 111 cm³/mol. The van der Waals surface area contributed by atoms with E-state index in [-0.39, 0.29) is 5.91 Å². The highest BCUT2D eigenvalue weighted by Gasteiger charge is 2.14. The molecule has 0 aliphatic rings. The first kappa shape index (κ1) is 19.8. The fraction of sp³-hybridized carbons (Fsp3) is 0.238. The summed E-state index contributed by atoms with van der Waals surface area (Å²) in [4.78, 5) is 26.8. The van der Waals surface area contributed by atoms with Crippen LogP contribution in [-0.2, 0) is 6.42 Å². The molecule has 7 heteroatoms. The molecule has 0 unspecified atom stereocenters. The van der Waals surface area contributed by atoms with Gasteiger partial charge in [0.25, 0.3) is 5.91 Å². The van der Waals surface area contributed by atoms with E-state index in [0.717, 1.165) is 28.8 Å². The molecule has 1 aromatic carbocycles. The largest absolute Gasteiger partial charge is 0.340 e. The van der Waals surface area contributed by atoms with Crippen molar-refractivity contribution in [1.29, 1.82) is 0 Å². The summed E-state index contributed by atoms with van der Waals surface area (Å²) < 4.78 is 0. The molecule has 0 radical (unpaired) electrons. The molecule has 28 heavy (non-hydrogen) atoms. The number of pyridine rings is 1. The smallest absolute Gasteiger partial charge is 0.273 e. The van der Waals surface area contributed by atoms with Crippen LogP contribution < -0.4 is 5.32 Å². The predicted octanol–water partition coefficient (Wildman–Crippen LogP) is 4.20. The van der Waals surface area contributed by atoms with E-state index in [0.29, 0.717) is 23.1 Å². The maximum atomic E-state index is 12.6. The minimum absolute atomic E-state index is 0.169. The Hall–Kier alpha value is -2.99. The Labute approximate surface area is 169 Å². The van der Waals surface area contributed by atoms with Crippen molar-refractivity contribution in [3.8, 4) is 0 Å². The van der Waals surface area contributed by atoms with Gasteiger partial charge in [-0.25, -0.2) is 9.97 Å². The van der Waals surface area contributed by atoms with Crippen LogP contribution in [0.2, 0.25) is 5.02 Å². The number of halogens is 1. The topological polar surface area (TPSA) is 71.0 Å². The summed E-state index contributed by atoms with van der Waals surface area (Å²) in [5.74, 6) is 0.363. The first-order valence-corrected chi connectivity index (χ1v) is 9.32. The molecule has 2 heterocycles. The van der Waals surface area contributed by atoms with Gasteiger partial charge in [-0.1, -0.05) is 17.7 Å². The minimum Gasteiger partial charge on any atom is -0.340 e. The molecule has 3 rings (SSSR count). The summed E-state index contributed by atoms with van der Waals surface area (Å²) in [7, 11) is 1.76. The van der Waals surface area contributed by atoms with E-state index in [1.165, 1.54) is 6.20 Å². The van der Waals surface area contributed by atoms with Gasteiger partial charge in [0.05, 0.1) is 23.1 Å². The average Bonchev–Trinajstić information content (AvgIpc) is 2.69. The van der Waals surface area contributed by atoms with Crippen LogP contribution in [0.1, 0.15) is 27.2 Å². The number of hydrogen-bond donors (Lipinski definition) is 1. The molecule has 0 fully saturated rings. The van der Waals surface area contributed by atoms with Gasteiger partial charge in [0.2, 0.25) is 0 Å². The number of aromatic nitrogens is 3. The molecule has 0 bridgehead atoms. The van der Waals surface area contributed by atoms with E-state index in [9.17, 15) is 4.79 Å². The lowest BCUT2D eigenvalue weighted by atomic mass is 10.1. The van der Waals surface area contributed by atoms with Crippen LogP contribution in [-0.4, -0.2) is 39.4 Å². The molecule has 2 aromatic heterocycles. The lowest BCUT2D eigenvalue weighted by Gasteiger charge is -2.17. The van der Waals surface area contributed by atoms with Crippen molar-refractivity contribution in [2.45, 2.75) is 20.3 Å². The summed E-state index contributed by atoms with van der Waals surface area (Å²) in [6, 6.07) is 7.81. The zero-order valence-corrected chi connectivity index (χ0v) is 16.9. The minimum atomic E-state index is -0.169. The second-order valence-corrected chi connectivity index (χ2v) is 7.09. The zero-order chi connectivity index (χ0) is 20.1. The molecule has 0 atom stereocenters. The maximum Gasteiger partial charge on any atom is 0.273 e. The van der Waals surface area contributed by atoms with Crippen LogP contribution in [0.3, 0.4) is 0 Å². The first-order chi connectivity index (χ1) is 13.4. The Morgan fingerprint density at radius 1 is 1.14 bits per heavy atom. The number of amides is 1. The van der Waals surface area contributed by atoms with Crippen molar-refractivity contribution in [2.75, 3.05) is 18.9 Å². The van der Waals surface area contributed by atoms with Crippen LogP contribution in [0, 0.1) is 13.8 Å². The van der Waals surface area contributed by atoms with Crippen molar-refractivity contribution in [2.24, 2.45) is 0 Å². The number of nitrogens with one attached hydrogen (secondary N) is 1. The van der Waals surface area contributed by atoms with Crippen LogP contribution in [0.15, 0.2) is 49.1 Å². The number of carbonyl (C=O) groups is 1. The Morgan fingerprint density at radius 3 is 2.54 bits per heavy atom. The molecule has 1 N–H and O–H groups in total. The lowest BCUT2D eigenvalue weighted by Crippen LogP contribution is -2.29. The van der Waals surface area contributed by atoms with Crippen LogP contribution in [0.5, 0.6) is 0 Å². The lowest BCUT2D eigenvalue weighted by molar-refractivity contribution is 0.0790. The molecular weight excluding hydrogens is 374 g/mol. The van der Waals surface area contributed by atoms with E-state index in [4.69, 9.17) is 11.6 Å². The number of carbonyl (C=O) groups excluding carboxylic acids is 1. The van der Waals surface area contributed by atoms with Gasteiger partial charge >= 0.3 is 0 Å². The summed E-state index contributed by atoms with van der Waals surface area (Å²) >= 11 is 6.32. The van der Waals surface area contributed by atoms with Crippen molar-refractivity contribution in [3.63, 3.8) is 0 Å². The Bertz CT molecular complexity index is 937. The highest BCUT2D eigenvalue weighted by Crippen LogP contribution is 2.29. The van der Waals surface area contributed by atoms with Crippen molar-refractivity contribution in [3.05, 3.63) is 76.5 Å². The number of likely N-dealkylation sites (N-methyl/N-ethyl adjacent to an activating group) is 1. The molecule has 0 aliphatic heterocycles. The number of benzene rings is 1. The SMILES string of the molecule is Cc1cc(C)c(Nc2cnc(C(=O)N(C)CCc3ccncc3)cn2)c(Cl)c1. The molecule has 6 nitrogen and oxygen atoms in total. The summed E-state index contributed by atoms with van der Waals surface area (Å²) in [5.41, 5.74) is 4.33. The van der Waals surface area contributed by atoms with Gasteiger partial charge in [-0.2, -0.15) is 0 Å². The van der Waals surface area contributed by atoms with Gasteiger partial charge in [0, 0.05) is 26.0 Å². The third-order valence-corrected chi connectivity index (χ3v) is 4.69. The van der Waals surface area contributed by atoms with E-state index in [2.05, 4.69) is 20.3 Å². The van der Waals surface area contributed by atoms with Gasteiger partial charge in [-0.05, 0) is 55.2 Å². The van der Waals surface area contributed by atoms with Crippen molar-refractivity contribution in [1.82, 2.24) is 19.9 Å². The highest BCUT2D eigenvalue weighted by atomic mass is 35.5. The van der Waals surface area contributed by atoms with Gasteiger partial charge in [-0.3, -0.25) is 9.78 Å². The average molecular weight is 396 g/mol. The third-order valence-electron chi connectivity index (χ3n) is 4.39. The number of nitrogens with zero attached hydrogens (tertiary/aromatic N) is 4. The van der Waals surface area contributed by atoms with Gasteiger partial charge in [-0.15, -0.1) is 0 Å². The second kappa shape index (κ2) is 8.80. The molecule has 0 saturated carbocycles. The third kappa shape index (κ3) is 4.84. The van der Waals surface area contributed by atoms with E-state index >= 15 is 0 Å². The van der Waals surface area contributed by atoms with Crippen LogP contribution >= 0.6 is 11.6 Å². The van der Waals surface area contributed by atoms with Crippen molar-refractivity contribution < 1.29 is 4.79 Å². The Morgan fingerprint density at radius 2 is 1.89 bits per heavy atom. The Kier molecular flexibility index (Phi) is 6.21. The normalized spacial score (nSPS) is 10.6. The molecule has 0 aliphatic carbocycles. The van der Waals surface area contributed by atoms with E-state index in [1.807, 2.05) is 38.1 Å². The summed E-state index contributed by atoms with van der Waals surface area (Å²) in [6.45, 7) is 4.56. The van der Waals surface area contributed by atoms with Crippen molar-refractivity contribution >= 4 is 29.0 Å². The van der Waals surface area contributed by atoms with Crippen LogP contribution in [0.25, 0.3) is 0 Å². The fourth-order valence-electron chi connectivity index (χ4n) is 2.85. The quantitative estimate of drug-likeness (QED) is 0.677. The zero-order valence-electron chi connectivity index (χ0n) is 16.1. The fourth-order valence-corrected chi connectivity index (χ4v) is 3.22. The number of anilines is 2. The maximum absolute atomic E-state index is 12.6. The molecule has 3 aromatic rings. The molecule has 1 amide bonds. The standard InChI is InChI=1S/C21H22ClN5O/c1-14-10-15(2)20(17(22)11-14)26-19-13-24-18(12-25-19)21(28)27(3)9-6-16-4-7-23-8-5-16/h4-5,7-8,10-13H,6,9H2,1-3H3,(H,25,26). The van der Waals surface area contributed by atoms with E-state index < -0.39 is 0 Å². The molecule has 0 spiro atoms. The van der Waals surface area contributed by atoms with E-state index in [1.54, 1.807) is 30.5 Å². The molecule has 144 valence electrons. The summed E-state index contributed by atoms with van der Waals surface area (Å²) in [5, 5.41) is 3.79. The Balaban J connectivity index is 1.64. The first-order valence-electron chi connectivity index (χ1n) is 8.94. The summed E-state index contributed by atoms with van der Waals surface area (Å²) in [6.07, 6.45) is 7.26. The monoisotopic (exact) mass is 395 g/mol. The number of aryl methyl sites for hydroxylation is 2.